The lowest BCUT2D eigenvalue weighted by atomic mass is 9.93. The Morgan fingerprint density at radius 3 is 2.58 bits per heavy atom. The first-order chi connectivity index (χ1) is 12.1. The number of hydrogen-bond acceptors (Lipinski definition) is 3. The lowest BCUT2D eigenvalue weighted by Gasteiger charge is -2.27. The van der Waals surface area contributed by atoms with Crippen molar-refractivity contribution in [3.63, 3.8) is 0 Å². The SMILES string of the molecule is CCNC(=NCCNC(=O)c1ccccc1Cl)NC1CCC(O)CC1.I. The van der Waals surface area contributed by atoms with Gasteiger partial charge in [0.25, 0.3) is 5.91 Å². The van der Waals surface area contributed by atoms with Gasteiger partial charge in [0.2, 0.25) is 0 Å². The van der Waals surface area contributed by atoms with E-state index in [-0.39, 0.29) is 36.0 Å². The summed E-state index contributed by atoms with van der Waals surface area (Å²) in [6.07, 6.45) is 3.36. The van der Waals surface area contributed by atoms with Crippen LogP contribution in [0, 0.1) is 0 Å². The van der Waals surface area contributed by atoms with E-state index in [1.807, 2.05) is 6.92 Å². The van der Waals surface area contributed by atoms with Crippen LogP contribution in [0.1, 0.15) is 43.0 Å². The van der Waals surface area contributed by atoms with Crippen LogP contribution in [0.4, 0.5) is 0 Å². The standard InChI is InChI=1S/C18H27ClN4O2.HI/c1-2-20-18(23-13-7-9-14(24)10-8-13)22-12-11-21-17(25)15-5-3-4-6-16(15)19;/h3-6,13-14,24H,2,7-12H2,1H3,(H,21,25)(H2,20,22,23);1H. The van der Waals surface area contributed by atoms with Crippen molar-refractivity contribution >= 4 is 47.4 Å². The summed E-state index contributed by atoms with van der Waals surface area (Å²) in [5, 5.41) is 19.5. The molecule has 8 heteroatoms. The van der Waals surface area contributed by atoms with E-state index in [4.69, 9.17) is 11.6 Å². The van der Waals surface area contributed by atoms with E-state index in [1.54, 1.807) is 24.3 Å². The molecule has 0 bridgehead atoms. The van der Waals surface area contributed by atoms with Crippen LogP contribution < -0.4 is 16.0 Å². The maximum Gasteiger partial charge on any atom is 0.252 e. The fourth-order valence-electron chi connectivity index (χ4n) is 2.81. The lowest BCUT2D eigenvalue weighted by Crippen LogP contribution is -2.45. The molecule has 0 atom stereocenters. The monoisotopic (exact) mass is 494 g/mol. The van der Waals surface area contributed by atoms with E-state index in [0.717, 1.165) is 38.2 Å². The third-order valence-electron chi connectivity index (χ3n) is 4.17. The number of aliphatic imine (C=N–C) groups is 1. The van der Waals surface area contributed by atoms with Crippen molar-refractivity contribution in [2.45, 2.75) is 44.8 Å². The Morgan fingerprint density at radius 2 is 1.92 bits per heavy atom. The molecule has 2 rings (SSSR count). The van der Waals surface area contributed by atoms with E-state index in [2.05, 4.69) is 20.9 Å². The van der Waals surface area contributed by atoms with Crippen LogP contribution >= 0.6 is 35.6 Å². The van der Waals surface area contributed by atoms with Crippen LogP contribution in [0.3, 0.4) is 0 Å². The first kappa shape index (κ1) is 23.0. The number of aliphatic hydroxyl groups is 1. The predicted molar refractivity (Wildman–Crippen MR) is 117 cm³/mol. The van der Waals surface area contributed by atoms with E-state index in [9.17, 15) is 9.90 Å². The van der Waals surface area contributed by atoms with Gasteiger partial charge in [0.1, 0.15) is 0 Å². The summed E-state index contributed by atoms with van der Waals surface area (Å²) < 4.78 is 0. The van der Waals surface area contributed by atoms with Crippen molar-refractivity contribution in [3.8, 4) is 0 Å². The smallest absolute Gasteiger partial charge is 0.252 e. The summed E-state index contributed by atoms with van der Waals surface area (Å²) in [6.45, 7) is 3.69. The molecular formula is C18H28ClIN4O2. The van der Waals surface area contributed by atoms with Crippen molar-refractivity contribution in [3.05, 3.63) is 34.9 Å². The zero-order chi connectivity index (χ0) is 18.1. The molecule has 0 radical (unpaired) electrons. The number of halogens is 2. The zero-order valence-corrected chi connectivity index (χ0v) is 18.1. The van der Waals surface area contributed by atoms with Gasteiger partial charge in [-0.05, 0) is 44.7 Å². The summed E-state index contributed by atoms with van der Waals surface area (Å²) in [5.74, 6) is 0.552. The topological polar surface area (TPSA) is 85.8 Å². The molecule has 4 N–H and O–H groups in total. The number of hydrogen-bond donors (Lipinski definition) is 4. The number of guanidine groups is 1. The first-order valence-corrected chi connectivity index (χ1v) is 9.23. The van der Waals surface area contributed by atoms with Gasteiger partial charge in [0.15, 0.2) is 5.96 Å². The van der Waals surface area contributed by atoms with E-state index < -0.39 is 0 Å². The van der Waals surface area contributed by atoms with Crippen molar-refractivity contribution < 1.29 is 9.90 Å². The van der Waals surface area contributed by atoms with Gasteiger partial charge in [0, 0.05) is 19.1 Å². The summed E-state index contributed by atoms with van der Waals surface area (Å²) in [5.41, 5.74) is 0.471. The Labute approximate surface area is 177 Å². The number of amides is 1. The highest BCUT2D eigenvalue weighted by molar-refractivity contribution is 14.0. The molecule has 1 saturated carbocycles. The average molecular weight is 495 g/mol. The normalized spacial score (nSPS) is 20.0. The second kappa shape index (κ2) is 12.3. The molecule has 0 aromatic heterocycles. The third kappa shape index (κ3) is 7.67. The van der Waals surface area contributed by atoms with Gasteiger partial charge in [-0.1, -0.05) is 23.7 Å². The quantitative estimate of drug-likeness (QED) is 0.212. The molecule has 0 saturated heterocycles. The highest BCUT2D eigenvalue weighted by Gasteiger charge is 2.19. The molecule has 26 heavy (non-hydrogen) atoms. The summed E-state index contributed by atoms with van der Waals surface area (Å²) in [7, 11) is 0. The third-order valence-corrected chi connectivity index (χ3v) is 4.50. The van der Waals surface area contributed by atoms with Gasteiger partial charge in [-0.3, -0.25) is 9.79 Å². The van der Waals surface area contributed by atoms with Gasteiger partial charge in [-0.2, -0.15) is 0 Å². The Hall–Kier alpha value is -1.06. The molecule has 0 spiro atoms. The molecule has 1 amide bonds. The molecular weight excluding hydrogens is 467 g/mol. The van der Waals surface area contributed by atoms with Gasteiger partial charge in [-0.25, -0.2) is 0 Å². The number of rotatable bonds is 6. The van der Waals surface area contributed by atoms with E-state index in [0.29, 0.717) is 29.7 Å². The van der Waals surface area contributed by atoms with E-state index >= 15 is 0 Å². The largest absolute Gasteiger partial charge is 0.393 e. The number of carbonyl (C=O) groups excluding carboxylic acids is 1. The first-order valence-electron chi connectivity index (χ1n) is 8.85. The molecule has 146 valence electrons. The van der Waals surface area contributed by atoms with Gasteiger partial charge in [-0.15, -0.1) is 24.0 Å². The van der Waals surface area contributed by atoms with Crippen molar-refractivity contribution in [1.82, 2.24) is 16.0 Å². The minimum Gasteiger partial charge on any atom is -0.393 e. The molecule has 6 nitrogen and oxygen atoms in total. The molecule has 0 unspecified atom stereocenters. The van der Waals surface area contributed by atoms with Crippen LogP contribution in [0.5, 0.6) is 0 Å². The van der Waals surface area contributed by atoms with Crippen LogP contribution in [0.2, 0.25) is 5.02 Å². The van der Waals surface area contributed by atoms with Gasteiger partial charge >= 0.3 is 0 Å². The minimum atomic E-state index is -0.194. The zero-order valence-electron chi connectivity index (χ0n) is 15.0. The highest BCUT2D eigenvalue weighted by atomic mass is 127. The van der Waals surface area contributed by atoms with Crippen molar-refractivity contribution in [2.24, 2.45) is 4.99 Å². The van der Waals surface area contributed by atoms with Crippen molar-refractivity contribution in [1.29, 1.82) is 0 Å². The number of carbonyl (C=O) groups is 1. The predicted octanol–water partition coefficient (Wildman–Crippen LogP) is 2.55. The van der Waals surface area contributed by atoms with Crippen LogP contribution in [0.15, 0.2) is 29.3 Å². The molecule has 1 aromatic carbocycles. The number of aliphatic hydroxyl groups excluding tert-OH is 1. The Morgan fingerprint density at radius 1 is 1.23 bits per heavy atom. The summed E-state index contributed by atoms with van der Waals surface area (Å²) >= 11 is 6.02. The maximum atomic E-state index is 12.1. The van der Waals surface area contributed by atoms with Crippen LogP contribution in [-0.2, 0) is 0 Å². The van der Waals surface area contributed by atoms with Gasteiger partial charge in [0.05, 0.1) is 23.2 Å². The second-order valence-electron chi connectivity index (χ2n) is 6.15. The van der Waals surface area contributed by atoms with Gasteiger partial charge < -0.3 is 21.1 Å². The fraction of sp³-hybridized carbons (Fsp3) is 0.556. The Kier molecular flexibility index (Phi) is 10.9. The average Bonchev–Trinajstić information content (AvgIpc) is 2.61. The molecule has 1 aliphatic carbocycles. The molecule has 1 aliphatic rings. The van der Waals surface area contributed by atoms with Crippen LogP contribution in [0.25, 0.3) is 0 Å². The molecule has 1 fully saturated rings. The van der Waals surface area contributed by atoms with Crippen LogP contribution in [-0.4, -0.2) is 48.8 Å². The number of benzene rings is 1. The number of nitrogens with one attached hydrogen (secondary N) is 3. The minimum absolute atomic E-state index is 0. The maximum absolute atomic E-state index is 12.1. The lowest BCUT2D eigenvalue weighted by molar-refractivity contribution is 0.0955. The highest BCUT2D eigenvalue weighted by Crippen LogP contribution is 2.18. The van der Waals surface area contributed by atoms with E-state index in [1.165, 1.54) is 0 Å². The molecule has 0 aliphatic heterocycles. The summed E-state index contributed by atoms with van der Waals surface area (Å²) in [4.78, 5) is 16.6. The molecule has 1 aromatic rings. The molecule has 0 heterocycles. The fourth-order valence-corrected chi connectivity index (χ4v) is 3.03. The summed E-state index contributed by atoms with van der Waals surface area (Å²) in [6, 6.07) is 7.31. The second-order valence-corrected chi connectivity index (χ2v) is 6.55. The number of nitrogens with zero attached hydrogens (tertiary/aromatic N) is 1. The van der Waals surface area contributed by atoms with Crippen molar-refractivity contribution in [2.75, 3.05) is 19.6 Å². The Bertz CT molecular complexity index is 592. The Balaban J connectivity index is 0.00000338.